The lowest BCUT2D eigenvalue weighted by molar-refractivity contribution is -0.149. The van der Waals surface area contributed by atoms with Crippen molar-refractivity contribution >= 4 is 17.9 Å². The predicted molar refractivity (Wildman–Crippen MR) is 118 cm³/mol. The van der Waals surface area contributed by atoms with E-state index in [1.165, 1.54) is 7.11 Å². The van der Waals surface area contributed by atoms with Gasteiger partial charge in [0.2, 0.25) is 0 Å². The first-order valence-electron chi connectivity index (χ1n) is 11.0. The zero-order valence-corrected chi connectivity index (χ0v) is 19.0. The molecule has 9 heteroatoms. The molecule has 1 aromatic carbocycles. The van der Waals surface area contributed by atoms with Crippen molar-refractivity contribution in [3.05, 3.63) is 36.9 Å². The Morgan fingerprint density at radius 2 is 1.33 bits per heavy atom. The average molecular weight is 465 g/mol. The number of hydrogen-bond acceptors (Lipinski definition) is 9. The molecule has 0 bridgehead atoms. The summed E-state index contributed by atoms with van der Waals surface area (Å²) in [4.78, 5) is 34.8. The monoisotopic (exact) mass is 464 g/mol. The molecule has 0 spiro atoms. The van der Waals surface area contributed by atoms with Crippen LogP contribution in [0.2, 0.25) is 0 Å². The molecule has 0 radical (unpaired) electrons. The van der Waals surface area contributed by atoms with Gasteiger partial charge in [-0.25, -0.2) is 4.79 Å². The summed E-state index contributed by atoms with van der Waals surface area (Å²) in [7, 11) is 1.38. The SMILES string of the molecule is C=CC(=O)OCCOCCOCCOc1ccc(OC(=O)C2CCC(C(=O)OC)CC2)cc1. The van der Waals surface area contributed by atoms with E-state index >= 15 is 0 Å². The summed E-state index contributed by atoms with van der Waals surface area (Å²) in [5, 5.41) is 0. The van der Waals surface area contributed by atoms with Crippen LogP contribution in [-0.2, 0) is 33.3 Å². The lowest BCUT2D eigenvalue weighted by Gasteiger charge is -2.25. The van der Waals surface area contributed by atoms with Crippen LogP contribution >= 0.6 is 0 Å². The molecule has 1 aliphatic rings. The Kier molecular flexibility index (Phi) is 12.0. The Hall–Kier alpha value is -2.91. The van der Waals surface area contributed by atoms with Crippen LogP contribution in [0.5, 0.6) is 11.5 Å². The van der Waals surface area contributed by atoms with E-state index in [0.717, 1.165) is 6.08 Å². The van der Waals surface area contributed by atoms with Gasteiger partial charge in [0.15, 0.2) is 0 Å². The lowest BCUT2D eigenvalue weighted by Crippen LogP contribution is -2.29. The van der Waals surface area contributed by atoms with Gasteiger partial charge in [0, 0.05) is 6.08 Å². The smallest absolute Gasteiger partial charge is 0.330 e. The molecule has 1 aromatic rings. The van der Waals surface area contributed by atoms with E-state index in [1.54, 1.807) is 24.3 Å². The second-order valence-corrected chi connectivity index (χ2v) is 7.41. The Morgan fingerprint density at radius 3 is 1.91 bits per heavy atom. The van der Waals surface area contributed by atoms with E-state index in [4.69, 9.17) is 28.4 Å². The number of carbonyl (C=O) groups is 3. The molecule has 0 saturated heterocycles. The van der Waals surface area contributed by atoms with Crippen LogP contribution in [0.25, 0.3) is 0 Å². The Morgan fingerprint density at radius 1 is 0.818 bits per heavy atom. The molecule has 1 saturated carbocycles. The van der Waals surface area contributed by atoms with Crippen molar-refractivity contribution in [3.8, 4) is 11.5 Å². The molecule has 182 valence electrons. The minimum Gasteiger partial charge on any atom is -0.491 e. The molecule has 0 aliphatic heterocycles. The normalized spacial score (nSPS) is 17.6. The largest absolute Gasteiger partial charge is 0.491 e. The molecular formula is C24H32O9. The van der Waals surface area contributed by atoms with Crippen molar-refractivity contribution in [2.45, 2.75) is 25.7 Å². The van der Waals surface area contributed by atoms with Crippen LogP contribution in [0.1, 0.15) is 25.7 Å². The molecule has 0 aromatic heterocycles. The van der Waals surface area contributed by atoms with E-state index < -0.39 is 5.97 Å². The van der Waals surface area contributed by atoms with Crippen molar-refractivity contribution in [1.29, 1.82) is 0 Å². The molecule has 33 heavy (non-hydrogen) atoms. The fourth-order valence-corrected chi connectivity index (χ4v) is 3.34. The van der Waals surface area contributed by atoms with Gasteiger partial charge in [0.05, 0.1) is 45.4 Å². The third-order valence-corrected chi connectivity index (χ3v) is 5.14. The van der Waals surface area contributed by atoms with Gasteiger partial charge in [-0.1, -0.05) is 6.58 Å². The quantitative estimate of drug-likeness (QED) is 0.178. The fraction of sp³-hybridized carbons (Fsp3) is 0.542. The van der Waals surface area contributed by atoms with E-state index in [0.29, 0.717) is 70.2 Å². The molecule has 0 atom stereocenters. The van der Waals surface area contributed by atoms with Crippen LogP contribution < -0.4 is 9.47 Å². The minimum atomic E-state index is -0.474. The first-order valence-corrected chi connectivity index (χ1v) is 11.0. The van der Waals surface area contributed by atoms with Crippen LogP contribution in [0.3, 0.4) is 0 Å². The number of benzene rings is 1. The van der Waals surface area contributed by atoms with Crippen LogP contribution in [0.15, 0.2) is 36.9 Å². The van der Waals surface area contributed by atoms with E-state index in [2.05, 4.69) is 6.58 Å². The maximum Gasteiger partial charge on any atom is 0.330 e. The number of methoxy groups -OCH3 is 1. The molecule has 2 rings (SSSR count). The highest BCUT2D eigenvalue weighted by atomic mass is 16.6. The van der Waals surface area contributed by atoms with Gasteiger partial charge in [0.1, 0.15) is 24.7 Å². The van der Waals surface area contributed by atoms with E-state index in [9.17, 15) is 14.4 Å². The van der Waals surface area contributed by atoms with Gasteiger partial charge in [-0.05, 0) is 49.9 Å². The number of ether oxygens (including phenoxy) is 6. The van der Waals surface area contributed by atoms with Crippen molar-refractivity contribution in [2.75, 3.05) is 46.8 Å². The summed E-state index contributed by atoms with van der Waals surface area (Å²) in [5.74, 6) is -0.197. The summed E-state index contributed by atoms with van der Waals surface area (Å²) in [5.41, 5.74) is 0. The maximum atomic E-state index is 12.4. The predicted octanol–water partition coefficient (Wildman–Crippen LogP) is 2.71. The Bertz CT molecular complexity index is 752. The Balaban J connectivity index is 1.54. The summed E-state index contributed by atoms with van der Waals surface area (Å²) in [6, 6.07) is 6.82. The van der Waals surface area contributed by atoms with Crippen molar-refractivity contribution in [3.63, 3.8) is 0 Å². The highest BCUT2D eigenvalue weighted by Gasteiger charge is 2.31. The number of esters is 3. The zero-order valence-electron chi connectivity index (χ0n) is 19.0. The highest BCUT2D eigenvalue weighted by Crippen LogP contribution is 2.31. The molecule has 9 nitrogen and oxygen atoms in total. The van der Waals surface area contributed by atoms with Gasteiger partial charge < -0.3 is 28.4 Å². The van der Waals surface area contributed by atoms with Gasteiger partial charge in [-0.15, -0.1) is 0 Å². The third-order valence-electron chi connectivity index (χ3n) is 5.14. The summed E-state index contributed by atoms with van der Waals surface area (Å²) < 4.78 is 31.3. The fourth-order valence-electron chi connectivity index (χ4n) is 3.34. The highest BCUT2D eigenvalue weighted by molar-refractivity contribution is 5.81. The molecule has 1 aliphatic carbocycles. The number of hydrogen-bond donors (Lipinski definition) is 0. The second-order valence-electron chi connectivity index (χ2n) is 7.41. The van der Waals surface area contributed by atoms with Crippen molar-refractivity contribution in [1.82, 2.24) is 0 Å². The average Bonchev–Trinajstić information content (AvgIpc) is 2.85. The molecule has 1 fully saturated rings. The van der Waals surface area contributed by atoms with Gasteiger partial charge >= 0.3 is 17.9 Å². The van der Waals surface area contributed by atoms with Gasteiger partial charge in [-0.2, -0.15) is 0 Å². The topological polar surface area (TPSA) is 107 Å². The molecule has 0 amide bonds. The number of carbonyl (C=O) groups excluding carboxylic acids is 3. The van der Waals surface area contributed by atoms with E-state index in [-0.39, 0.29) is 30.4 Å². The van der Waals surface area contributed by atoms with Crippen molar-refractivity contribution in [2.24, 2.45) is 11.8 Å². The first-order chi connectivity index (χ1) is 16.0. The van der Waals surface area contributed by atoms with Crippen molar-refractivity contribution < 1.29 is 42.8 Å². The zero-order chi connectivity index (χ0) is 23.9. The standard InChI is InChI=1S/C24H32O9/c1-3-22(25)32-17-15-30-13-12-29-14-16-31-20-8-10-21(11-9-20)33-24(27)19-6-4-18(5-7-19)23(26)28-2/h3,8-11,18-19H,1,4-7,12-17H2,2H3. The van der Waals surface area contributed by atoms with Crippen LogP contribution in [-0.4, -0.2) is 64.7 Å². The summed E-state index contributed by atoms with van der Waals surface area (Å²) in [6.07, 6.45) is 3.61. The van der Waals surface area contributed by atoms with E-state index in [1.807, 2.05) is 0 Å². The summed E-state index contributed by atoms with van der Waals surface area (Å²) >= 11 is 0. The number of rotatable bonds is 14. The molecular weight excluding hydrogens is 432 g/mol. The van der Waals surface area contributed by atoms with Crippen LogP contribution in [0, 0.1) is 11.8 Å². The lowest BCUT2D eigenvalue weighted by atomic mass is 9.82. The van der Waals surface area contributed by atoms with Gasteiger partial charge in [0.25, 0.3) is 0 Å². The maximum absolute atomic E-state index is 12.4. The third kappa shape index (κ3) is 10.0. The minimum absolute atomic E-state index is 0.124. The molecule has 0 N–H and O–H groups in total. The first kappa shape index (κ1) is 26.3. The summed E-state index contributed by atoms with van der Waals surface area (Å²) in [6.45, 7) is 5.31. The van der Waals surface area contributed by atoms with Crippen LogP contribution in [0.4, 0.5) is 0 Å². The Labute approximate surface area is 193 Å². The molecule has 0 heterocycles. The molecule has 0 unspecified atom stereocenters. The van der Waals surface area contributed by atoms with Gasteiger partial charge in [-0.3, -0.25) is 9.59 Å². The second kappa shape index (κ2) is 15.0.